The minimum atomic E-state index is -5.06. The Morgan fingerprint density at radius 2 is 2.00 bits per heavy atom. The van der Waals surface area contributed by atoms with Gasteiger partial charge in [-0.15, -0.1) is 0 Å². The first kappa shape index (κ1) is 12.8. The molecular weight excluding hydrogens is 229 g/mol. The number of carbonyl (C=O) groups is 2. The van der Waals surface area contributed by atoms with Crippen molar-refractivity contribution in [3.8, 4) is 0 Å². The molecule has 1 atom stereocenters. The lowest BCUT2D eigenvalue weighted by molar-refractivity contribution is -0.215. The molecular formula is C9H11F3O4. The summed E-state index contributed by atoms with van der Waals surface area (Å²) in [5, 5.41) is 0. The van der Waals surface area contributed by atoms with Crippen molar-refractivity contribution < 1.29 is 32.2 Å². The fraction of sp³-hybridized carbons (Fsp3) is 0.778. The maximum atomic E-state index is 12.0. The second-order valence-corrected chi connectivity index (χ2v) is 4.00. The molecule has 1 aliphatic rings. The largest absolute Gasteiger partial charge is 0.490 e. The monoisotopic (exact) mass is 240 g/mol. The van der Waals surface area contributed by atoms with Crippen LogP contribution in [0.25, 0.3) is 0 Å². The molecule has 16 heavy (non-hydrogen) atoms. The summed E-state index contributed by atoms with van der Waals surface area (Å²) in [6.07, 6.45) is -4.81. The maximum Gasteiger partial charge on any atom is 0.490 e. The van der Waals surface area contributed by atoms with Crippen molar-refractivity contribution in [3.63, 3.8) is 0 Å². The average Bonchev–Trinajstić information content (AvgIpc) is 2.49. The van der Waals surface area contributed by atoms with Crippen LogP contribution in [0.5, 0.6) is 0 Å². The number of esters is 2. The smallest absolute Gasteiger partial charge is 0.465 e. The number of hydrogen-bond donors (Lipinski definition) is 0. The Bertz CT molecular complexity index is 308. The van der Waals surface area contributed by atoms with Gasteiger partial charge >= 0.3 is 18.1 Å². The molecule has 0 N–H and O–H groups in total. The van der Waals surface area contributed by atoms with E-state index in [-0.39, 0.29) is 13.0 Å². The first-order valence-electron chi connectivity index (χ1n) is 4.61. The summed E-state index contributed by atoms with van der Waals surface area (Å²) in [7, 11) is 0. The van der Waals surface area contributed by atoms with Gasteiger partial charge in [-0.05, 0) is 20.3 Å². The Labute approximate surface area is 89.7 Å². The third-order valence-corrected chi connectivity index (χ3v) is 2.36. The third kappa shape index (κ3) is 2.65. The Kier molecular flexibility index (Phi) is 3.16. The molecule has 1 unspecified atom stereocenters. The van der Waals surface area contributed by atoms with E-state index in [1.165, 1.54) is 13.8 Å². The fourth-order valence-electron chi connectivity index (χ4n) is 1.50. The first-order valence-corrected chi connectivity index (χ1v) is 4.61. The summed E-state index contributed by atoms with van der Waals surface area (Å²) in [4.78, 5) is 21.8. The molecule has 7 heteroatoms. The van der Waals surface area contributed by atoms with Crippen molar-refractivity contribution in [3.05, 3.63) is 0 Å². The van der Waals surface area contributed by atoms with Gasteiger partial charge in [-0.3, -0.25) is 4.79 Å². The van der Waals surface area contributed by atoms with Crippen LogP contribution in [0, 0.1) is 5.92 Å². The van der Waals surface area contributed by atoms with Gasteiger partial charge in [0.1, 0.15) is 5.60 Å². The lowest BCUT2D eigenvalue weighted by Crippen LogP contribution is -2.42. The topological polar surface area (TPSA) is 52.6 Å². The summed E-state index contributed by atoms with van der Waals surface area (Å²) in [5.41, 5.74) is -1.51. The highest BCUT2D eigenvalue weighted by Gasteiger charge is 2.49. The molecule has 0 aromatic carbocycles. The molecule has 1 fully saturated rings. The van der Waals surface area contributed by atoms with Crippen LogP contribution in [0.15, 0.2) is 0 Å². The van der Waals surface area contributed by atoms with Crippen LogP contribution in [0.2, 0.25) is 0 Å². The van der Waals surface area contributed by atoms with Gasteiger partial charge in [0.15, 0.2) is 0 Å². The summed E-state index contributed by atoms with van der Waals surface area (Å²) >= 11 is 0. The standard InChI is InChI=1S/C9H11F3O4/c1-8(2,5-3-4-15-6(5)13)16-7(14)9(10,11)12/h5H,3-4H2,1-2H3. The van der Waals surface area contributed by atoms with Gasteiger partial charge in [-0.1, -0.05) is 0 Å². The van der Waals surface area contributed by atoms with Crippen molar-refractivity contribution >= 4 is 11.9 Å². The van der Waals surface area contributed by atoms with Gasteiger partial charge in [-0.25, -0.2) is 4.79 Å². The summed E-state index contributed by atoms with van der Waals surface area (Å²) < 4.78 is 44.8. The lowest BCUT2D eigenvalue weighted by Gasteiger charge is -2.28. The molecule has 0 bridgehead atoms. The average molecular weight is 240 g/mol. The van der Waals surface area contributed by atoms with Crippen molar-refractivity contribution in [2.24, 2.45) is 5.92 Å². The van der Waals surface area contributed by atoms with E-state index in [1.807, 2.05) is 0 Å². The van der Waals surface area contributed by atoms with E-state index < -0.39 is 29.6 Å². The van der Waals surface area contributed by atoms with E-state index >= 15 is 0 Å². The highest BCUT2D eigenvalue weighted by Crippen LogP contribution is 2.32. The molecule has 4 nitrogen and oxygen atoms in total. The molecule has 1 rings (SSSR count). The van der Waals surface area contributed by atoms with E-state index in [0.29, 0.717) is 0 Å². The summed E-state index contributed by atoms with van der Waals surface area (Å²) in [6.45, 7) is 2.65. The van der Waals surface area contributed by atoms with Crippen LogP contribution in [-0.4, -0.2) is 30.3 Å². The highest BCUT2D eigenvalue weighted by atomic mass is 19.4. The Morgan fingerprint density at radius 3 is 2.38 bits per heavy atom. The van der Waals surface area contributed by atoms with E-state index in [1.54, 1.807) is 0 Å². The highest BCUT2D eigenvalue weighted by molar-refractivity contribution is 5.79. The number of alkyl halides is 3. The van der Waals surface area contributed by atoms with Gasteiger partial charge in [0.05, 0.1) is 12.5 Å². The fourth-order valence-corrected chi connectivity index (χ4v) is 1.50. The number of rotatable bonds is 2. The molecule has 1 saturated heterocycles. The minimum Gasteiger partial charge on any atom is -0.465 e. The molecule has 0 saturated carbocycles. The van der Waals surface area contributed by atoms with Crippen LogP contribution in [0.3, 0.4) is 0 Å². The Balaban J connectivity index is 2.71. The van der Waals surface area contributed by atoms with Gasteiger partial charge in [0.2, 0.25) is 0 Å². The molecule has 0 aliphatic carbocycles. The molecule has 0 spiro atoms. The predicted octanol–water partition coefficient (Wildman–Crippen LogP) is 1.43. The number of cyclic esters (lactones) is 1. The van der Waals surface area contributed by atoms with E-state index in [2.05, 4.69) is 9.47 Å². The van der Waals surface area contributed by atoms with Crippen LogP contribution in [0.4, 0.5) is 13.2 Å². The molecule has 0 amide bonds. The van der Waals surface area contributed by atoms with Gasteiger partial charge in [0.25, 0.3) is 0 Å². The van der Waals surface area contributed by atoms with Crippen molar-refractivity contribution in [1.82, 2.24) is 0 Å². The maximum absolute atomic E-state index is 12.0. The molecule has 0 aromatic heterocycles. The SMILES string of the molecule is CC(C)(OC(=O)C(F)(F)F)C1CCOC1=O. The summed E-state index contributed by atoms with van der Waals surface area (Å²) in [5.74, 6) is -3.78. The zero-order valence-electron chi connectivity index (χ0n) is 8.76. The van der Waals surface area contributed by atoms with E-state index in [0.717, 1.165) is 0 Å². The number of hydrogen-bond acceptors (Lipinski definition) is 4. The van der Waals surface area contributed by atoms with Gasteiger partial charge < -0.3 is 9.47 Å². The Hall–Kier alpha value is -1.27. The minimum absolute atomic E-state index is 0.135. The number of halogens is 3. The number of ether oxygens (including phenoxy) is 2. The normalized spacial score (nSPS) is 21.8. The van der Waals surface area contributed by atoms with Gasteiger partial charge in [-0.2, -0.15) is 13.2 Å². The molecule has 0 radical (unpaired) electrons. The van der Waals surface area contributed by atoms with Crippen molar-refractivity contribution in [2.75, 3.05) is 6.61 Å². The van der Waals surface area contributed by atoms with Gasteiger partial charge in [0, 0.05) is 0 Å². The van der Waals surface area contributed by atoms with Crippen molar-refractivity contribution in [1.29, 1.82) is 0 Å². The van der Waals surface area contributed by atoms with Crippen molar-refractivity contribution in [2.45, 2.75) is 32.0 Å². The zero-order valence-corrected chi connectivity index (χ0v) is 8.76. The Morgan fingerprint density at radius 1 is 1.44 bits per heavy atom. The predicted molar refractivity (Wildman–Crippen MR) is 45.3 cm³/mol. The summed E-state index contributed by atoms with van der Waals surface area (Å²) in [6, 6.07) is 0. The third-order valence-electron chi connectivity index (χ3n) is 2.36. The second-order valence-electron chi connectivity index (χ2n) is 4.00. The molecule has 1 aliphatic heterocycles. The molecule has 1 heterocycles. The van der Waals surface area contributed by atoms with E-state index in [9.17, 15) is 22.8 Å². The van der Waals surface area contributed by atoms with E-state index in [4.69, 9.17) is 0 Å². The first-order chi connectivity index (χ1) is 7.14. The second kappa shape index (κ2) is 3.95. The lowest BCUT2D eigenvalue weighted by atomic mass is 9.89. The molecule has 0 aromatic rings. The van der Waals surface area contributed by atoms with Crippen LogP contribution in [-0.2, 0) is 19.1 Å². The van der Waals surface area contributed by atoms with Crippen LogP contribution < -0.4 is 0 Å². The zero-order chi connectivity index (χ0) is 12.6. The quantitative estimate of drug-likeness (QED) is 0.685. The number of carbonyl (C=O) groups excluding carboxylic acids is 2. The molecule has 92 valence electrons. The van der Waals surface area contributed by atoms with Crippen LogP contribution in [0.1, 0.15) is 20.3 Å². The van der Waals surface area contributed by atoms with Crippen LogP contribution >= 0.6 is 0 Å².